The van der Waals surface area contributed by atoms with Gasteiger partial charge in [-0.3, -0.25) is 9.59 Å². The number of ether oxygens (including phenoxy) is 1. The second kappa shape index (κ2) is 7.57. The van der Waals surface area contributed by atoms with E-state index in [4.69, 9.17) is 9.84 Å². The predicted octanol–water partition coefficient (Wildman–Crippen LogP) is 3.00. The summed E-state index contributed by atoms with van der Waals surface area (Å²) in [6, 6.07) is 8.42. The predicted molar refractivity (Wildman–Crippen MR) is 96.6 cm³/mol. The summed E-state index contributed by atoms with van der Waals surface area (Å²) in [5, 5.41) is 26.7. The first-order valence-electron chi connectivity index (χ1n) is 8.01. The lowest BCUT2D eigenvalue weighted by molar-refractivity contribution is -0.141. The number of aromatic hydroxyl groups is 1. The number of carboxylic acids is 1. The van der Waals surface area contributed by atoms with Gasteiger partial charge < -0.3 is 14.9 Å². The van der Waals surface area contributed by atoms with E-state index < -0.39 is 5.97 Å². The highest BCUT2D eigenvalue weighted by Gasteiger charge is 2.34. The number of aliphatic carboxylic acids is 1. The molecule has 1 atom stereocenters. The Hall–Kier alpha value is -2.87. The average Bonchev–Trinajstić information content (AvgIpc) is 3.28. The van der Waals surface area contributed by atoms with Gasteiger partial charge in [0.1, 0.15) is 11.5 Å². The molecule has 0 aliphatic carbocycles. The van der Waals surface area contributed by atoms with Gasteiger partial charge in [0.15, 0.2) is 0 Å². The molecule has 0 bridgehead atoms. The van der Waals surface area contributed by atoms with Crippen molar-refractivity contribution in [2.75, 3.05) is 7.11 Å². The van der Waals surface area contributed by atoms with Gasteiger partial charge in [0.05, 0.1) is 25.3 Å². The maximum atomic E-state index is 12.5. The van der Waals surface area contributed by atoms with Crippen molar-refractivity contribution in [1.29, 1.82) is 0 Å². The number of carbonyl (C=O) groups excluding carboxylic acids is 1. The van der Waals surface area contributed by atoms with Gasteiger partial charge in [0.2, 0.25) is 5.91 Å². The molecule has 1 unspecified atom stereocenters. The number of thiophene rings is 1. The molecule has 1 amide bonds. The number of benzene rings is 1. The number of amides is 1. The van der Waals surface area contributed by atoms with E-state index in [0.717, 1.165) is 4.88 Å². The number of nitrogens with zero attached hydrogens (tertiary/aromatic N) is 2. The highest BCUT2D eigenvalue weighted by Crippen LogP contribution is 2.37. The van der Waals surface area contributed by atoms with Gasteiger partial charge in [-0.1, -0.05) is 6.07 Å². The lowest BCUT2D eigenvalue weighted by atomic mass is 10.0. The molecule has 3 rings (SSSR count). The molecule has 136 valence electrons. The summed E-state index contributed by atoms with van der Waals surface area (Å²) in [7, 11) is 1.51. The van der Waals surface area contributed by atoms with E-state index in [-0.39, 0.29) is 30.5 Å². The third-order valence-corrected chi connectivity index (χ3v) is 5.08. The van der Waals surface area contributed by atoms with Crippen LogP contribution in [0.3, 0.4) is 0 Å². The zero-order valence-corrected chi connectivity index (χ0v) is 14.9. The summed E-state index contributed by atoms with van der Waals surface area (Å²) in [4.78, 5) is 24.2. The van der Waals surface area contributed by atoms with Crippen LogP contribution in [-0.4, -0.2) is 39.9 Å². The van der Waals surface area contributed by atoms with Crippen molar-refractivity contribution in [2.24, 2.45) is 5.10 Å². The maximum Gasteiger partial charge on any atom is 0.303 e. The number of carboxylic acid groups (broad SMARTS) is 1. The van der Waals surface area contributed by atoms with Gasteiger partial charge in [0, 0.05) is 29.3 Å². The van der Waals surface area contributed by atoms with Crippen molar-refractivity contribution in [2.45, 2.75) is 25.3 Å². The van der Waals surface area contributed by atoms with Gasteiger partial charge in [0.25, 0.3) is 0 Å². The smallest absolute Gasteiger partial charge is 0.303 e. The number of hydrazone groups is 1. The van der Waals surface area contributed by atoms with Crippen LogP contribution in [-0.2, 0) is 9.59 Å². The molecular formula is C18H18N2O5S. The Morgan fingerprint density at radius 2 is 2.15 bits per heavy atom. The summed E-state index contributed by atoms with van der Waals surface area (Å²) >= 11 is 1.51. The van der Waals surface area contributed by atoms with Crippen LogP contribution in [0.15, 0.2) is 40.8 Å². The largest absolute Gasteiger partial charge is 0.507 e. The van der Waals surface area contributed by atoms with Gasteiger partial charge in [-0.2, -0.15) is 5.10 Å². The van der Waals surface area contributed by atoms with Gasteiger partial charge in [-0.25, -0.2) is 5.01 Å². The summed E-state index contributed by atoms with van der Waals surface area (Å²) < 4.78 is 5.09. The SMILES string of the molecule is COc1ccc(C2=NN(C(=O)CCC(=O)O)C(c3cccs3)C2)c(O)c1. The Morgan fingerprint density at radius 3 is 2.77 bits per heavy atom. The van der Waals surface area contributed by atoms with Crippen LogP contribution in [0.2, 0.25) is 0 Å². The van der Waals surface area contributed by atoms with Crippen LogP contribution in [0.25, 0.3) is 0 Å². The van der Waals surface area contributed by atoms with Crippen LogP contribution in [0.1, 0.15) is 35.7 Å². The van der Waals surface area contributed by atoms with E-state index in [0.29, 0.717) is 23.4 Å². The minimum atomic E-state index is -1.03. The van der Waals surface area contributed by atoms with Crippen LogP contribution in [0.4, 0.5) is 0 Å². The minimum Gasteiger partial charge on any atom is -0.507 e. The fourth-order valence-electron chi connectivity index (χ4n) is 2.82. The van der Waals surface area contributed by atoms with Crippen LogP contribution < -0.4 is 4.74 Å². The molecule has 1 aliphatic heterocycles. The molecule has 0 saturated heterocycles. The number of hydrogen-bond donors (Lipinski definition) is 2. The standard InChI is InChI=1S/C18H18N2O5S/c1-25-11-4-5-12(15(21)9-11)13-10-14(16-3-2-8-26-16)20(19-13)17(22)6-7-18(23)24/h2-5,8-9,14,21H,6-7,10H2,1H3,(H,23,24). The van der Waals surface area contributed by atoms with Crippen molar-refractivity contribution in [3.63, 3.8) is 0 Å². The molecule has 2 heterocycles. The molecule has 1 aliphatic rings. The molecule has 0 fully saturated rings. The van der Waals surface area contributed by atoms with E-state index in [1.807, 2.05) is 17.5 Å². The van der Waals surface area contributed by atoms with E-state index >= 15 is 0 Å². The van der Waals surface area contributed by atoms with Crippen molar-refractivity contribution < 1.29 is 24.5 Å². The lowest BCUT2D eigenvalue weighted by Gasteiger charge is -2.20. The fourth-order valence-corrected chi connectivity index (χ4v) is 3.63. The number of methoxy groups -OCH3 is 1. The molecule has 7 nitrogen and oxygen atoms in total. The van der Waals surface area contributed by atoms with Gasteiger partial charge in [-0.15, -0.1) is 11.3 Å². The van der Waals surface area contributed by atoms with Gasteiger partial charge in [-0.05, 0) is 23.6 Å². The van der Waals surface area contributed by atoms with Crippen molar-refractivity contribution in [3.05, 3.63) is 46.2 Å². The van der Waals surface area contributed by atoms with Crippen molar-refractivity contribution in [1.82, 2.24) is 5.01 Å². The number of carbonyl (C=O) groups is 2. The van der Waals surface area contributed by atoms with Crippen LogP contribution in [0, 0.1) is 0 Å². The Labute approximate surface area is 154 Å². The molecule has 0 radical (unpaired) electrons. The van der Waals surface area contributed by atoms with E-state index in [1.165, 1.54) is 29.5 Å². The quantitative estimate of drug-likeness (QED) is 0.810. The third-order valence-electron chi connectivity index (χ3n) is 4.11. The average molecular weight is 374 g/mol. The van der Waals surface area contributed by atoms with E-state index in [2.05, 4.69) is 5.10 Å². The number of hydrogen-bond acceptors (Lipinski definition) is 6. The molecule has 1 aromatic heterocycles. The molecule has 2 aromatic rings. The highest BCUT2D eigenvalue weighted by molar-refractivity contribution is 7.10. The normalized spacial score (nSPS) is 16.4. The zero-order chi connectivity index (χ0) is 18.7. The first kappa shape index (κ1) is 17.9. The second-order valence-electron chi connectivity index (χ2n) is 5.80. The summed E-state index contributed by atoms with van der Waals surface area (Å²) in [6.07, 6.45) is 0.0763. The van der Waals surface area contributed by atoms with Crippen molar-refractivity contribution in [3.8, 4) is 11.5 Å². The summed E-state index contributed by atoms with van der Waals surface area (Å²) in [5.74, 6) is -0.835. The monoisotopic (exact) mass is 374 g/mol. The Bertz CT molecular complexity index is 847. The van der Waals surface area contributed by atoms with Crippen LogP contribution in [0.5, 0.6) is 11.5 Å². The third kappa shape index (κ3) is 3.70. The van der Waals surface area contributed by atoms with Crippen molar-refractivity contribution >= 4 is 28.9 Å². The van der Waals surface area contributed by atoms with E-state index in [9.17, 15) is 14.7 Å². The zero-order valence-electron chi connectivity index (χ0n) is 14.1. The molecule has 0 saturated carbocycles. The molecule has 26 heavy (non-hydrogen) atoms. The fraction of sp³-hybridized carbons (Fsp3) is 0.278. The minimum absolute atomic E-state index is 0.0212. The maximum absolute atomic E-state index is 12.5. The number of rotatable bonds is 6. The summed E-state index contributed by atoms with van der Waals surface area (Å²) in [6.45, 7) is 0. The first-order chi connectivity index (χ1) is 12.5. The molecule has 8 heteroatoms. The Morgan fingerprint density at radius 1 is 1.35 bits per heavy atom. The molecule has 1 aromatic carbocycles. The number of phenolic OH excluding ortho intramolecular Hbond substituents is 1. The molecule has 0 spiro atoms. The Balaban J connectivity index is 1.90. The topological polar surface area (TPSA) is 99.4 Å². The summed E-state index contributed by atoms with van der Waals surface area (Å²) in [5.41, 5.74) is 1.10. The molecular weight excluding hydrogens is 356 g/mol. The lowest BCUT2D eigenvalue weighted by Crippen LogP contribution is -2.26. The number of phenols is 1. The molecule has 2 N–H and O–H groups in total. The van der Waals surface area contributed by atoms with E-state index in [1.54, 1.807) is 12.1 Å². The van der Waals surface area contributed by atoms with Crippen LogP contribution >= 0.6 is 11.3 Å². The first-order valence-corrected chi connectivity index (χ1v) is 8.89. The highest BCUT2D eigenvalue weighted by atomic mass is 32.1. The second-order valence-corrected chi connectivity index (χ2v) is 6.78. The van der Waals surface area contributed by atoms with Gasteiger partial charge >= 0.3 is 5.97 Å². The Kier molecular flexibility index (Phi) is 5.22.